The van der Waals surface area contributed by atoms with E-state index in [2.05, 4.69) is 9.80 Å². The van der Waals surface area contributed by atoms with Crippen molar-refractivity contribution in [2.24, 2.45) is 0 Å². The molecule has 0 aromatic heterocycles. The minimum absolute atomic E-state index is 0.183. The fourth-order valence-corrected chi connectivity index (χ4v) is 4.02. The molecule has 2 rings (SSSR count). The third-order valence-corrected chi connectivity index (χ3v) is 5.96. The highest BCUT2D eigenvalue weighted by atomic mass is 32.2. The van der Waals surface area contributed by atoms with E-state index in [1.54, 1.807) is 0 Å². The van der Waals surface area contributed by atoms with Crippen LogP contribution in [-0.4, -0.2) is 46.1 Å². The summed E-state index contributed by atoms with van der Waals surface area (Å²) in [4.78, 5) is 4.21. The maximum atomic E-state index is 12.5. The molecule has 25 heavy (non-hydrogen) atoms. The first-order valence-electron chi connectivity index (χ1n) is 8.86. The topological polar surface area (TPSA) is 40.6 Å². The Bertz CT molecular complexity index is 660. The zero-order valence-corrected chi connectivity index (χ0v) is 16.0. The van der Waals surface area contributed by atoms with Crippen LogP contribution in [0.15, 0.2) is 60.7 Å². The van der Waals surface area contributed by atoms with Crippen molar-refractivity contribution in [1.29, 1.82) is 0 Å². The Balaban J connectivity index is 1.90. The first-order chi connectivity index (χ1) is 12.1. The van der Waals surface area contributed by atoms with Gasteiger partial charge in [0.25, 0.3) is 0 Å². The Morgan fingerprint density at radius 3 is 1.36 bits per heavy atom. The van der Waals surface area contributed by atoms with E-state index < -0.39 is 9.84 Å². The highest BCUT2D eigenvalue weighted by molar-refractivity contribution is 7.91. The van der Waals surface area contributed by atoms with Crippen LogP contribution >= 0.6 is 0 Å². The third-order valence-electron chi connectivity index (χ3n) is 4.35. The van der Waals surface area contributed by atoms with Gasteiger partial charge in [0.05, 0.1) is 11.5 Å². The molecule has 2 aromatic rings. The molecule has 0 amide bonds. The van der Waals surface area contributed by atoms with E-state index in [1.165, 1.54) is 0 Å². The van der Waals surface area contributed by atoms with Crippen molar-refractivity contribution >= 4 is 21.2 Å². The van der Waals surface area contributed by atoms with Crippen LogP contribution < -0.4 is 9.80 Å². The summed E-state index contributed by atoms with van der Waals surface area (Å²) >= 11 is 0. The van der Waals surface area contributed by atoms with Crippen molar-refractivity contribution in [3.63, 3.8) is 0 Å². The lowest BCUT2D eigenvalue weighted by atomic mass is 10.3. The second kappa shape index (κ2) is 9.47. The van der Waals surface area contributed by atoms with Crippen molar-refractivity contribution in [3.8, 4) is 0 Å². The first-order valence-corrected chi connectivity index (χ1v) is 10.7. The molecule has 0 fully saturated rings. The van der Waals surface area contributed by atoms with Gasteiger partial charge < -0.3 is 9.80 Å². The van der Waals surface area contributed by atoms with Crippen molar-refractivity contribution in [1.82, 2.24) is 0 Å². The lowest BCUT2D eigenvalue weighted by Gasteiger charge is -2.25. The second-order valence-corrected chi connectivity index (χ2v) is 8.29. The molecule has 0 spiro atoms. The van der Waals surface area contributed by atoms with Crippen molar-refractivity contribution in [2.75, 3.05) is 47.5 Å². The molecule has 0 aliphatic rings. The summed E-state index contributed by atoms with van der Waals surface area (Å²) < 4.78 is 25.0. The van der Waals surface area contributed by atoms with Gasteiger partial charge in [-0.3, -0.25) is 0 Å². The van der Waals surface area contributed by atoms with Crippen LogP contribution in [0.1, 0.15) is 13.8 Å². The van der Waals surface area contributed by atoms with Crippen LogP contribution in [-0.2, 0) is 9.84 Å². The molecule has 0 saturated heterocycles. The maximum absolute atomic E-state index is 12.5. The molecule has 0 radical (unpaired) electrons. The Hall–Kier alpha value is -2.01. The van der Waals surface area contributed by atoms with Crippen molar-refractivity contribution in [3.05, 3.63) is 60.7 Å². The van der Waals surface area contributed by atoms with Gasteiger partial charge in [0.15, 0.2) is 9.84 Å². The average Bonchev–Trinajstić information content (AvgIpc) is 2.64. The second-order valence-electron chi connectivity index (χ2n) is 5.98. The van der Waals surface area contributed by atoms with E-state index in [-0.39, 0.29) is 11.5 Å². The molecule has 5 heteroatoms. The predicted octanol–water partition coefficient (Wildman–Crippen LogP) is 3.45. The largest absolute Gasteiger partial charge is 0.371 e. The van der Waals surface area contributed by atoms with Gasteiger partial charge in [0.2, 0.25) is 0 Å². The molecule has 0 N–H and O–H groups in total. The number of sulfone groups is 1. The van der Waals surface area contributed by atoms with Crippen LogP contribution in [0.25, 0.3) is 0 Å². The van der Waals surface area contributed by atoms with Crippen LogP contribution in [0.5, 0.6) is 0 Å². The van der Waals surface area contributed by atoms with Gasteiger partial charge in [-0.1, -0.05) is 36.4 Å². The van der Waals surface area contributed by atoms with E-state index in [4.69, 9.17) is 0 Å². The standard InChI is InChI=1S/C20H28N2O2S/c1-3-21(19-11-7-5-8-12-19)15-17-25(23,24)18-16-22(4-2)20-13-9-6-10-14-20/h5-14H,3-4,15-18H2,1-2H3. The average molecular weight is 361 g/mol. The summed E-state index contributed by atoms with van der Waals surface area (Å²) in [5.74, 6) is 0.365. The Labute approximate surface area is 152 Å². The number of para-hydroxylation sites is 2. The predicted molar refractivity (Wildman–Crippen MR) is 107 cm³/mol. The Morgan fingerprint density at radius 2 is 1.04 bits per heavy atom. The lowest BCUT2D eigenvalue weighted by molar-refractivity contribution is 0.593. The molecule has 136 valence electrons. The van der Waals surface area contributed by atoms with Crippen LogP contribution in [0, 0.1) is 0 Å². The van der Waals surface area contributed by atoms with Crippen molar-refractivity contribution < 1.29 is 8.42 Å². The molecular weight excluding hydrogens is 332 g/mol. The number of anilines is 2. The van der Waals surface area contributed by atoms with Gasteiger partial charge >= 0.3 is 0 Å². The minimum Gasteiger partial charge on any atom is -0.371 e. The number of hydrogen-bond donors (Lipinski definition) is 0. The smallest absolute Gasteiger partial charge is 0.153 e. The maximum Gasteiger partial charge on any atom is 0.153 e. The monoisotopic (exact) mass is 360 g/mol. The molecule has 2 aromatic carbocycles. The highest BCUT2D eigenvalue weighted by Crippen LogP contribution is 2.14. The Kier molecular flexibility index (Phi) is 7.31. The summed E-state index contributed by atoms with van der Waals surface area (Å²) in [6, 6.07) is 19.9. The molecule has 0 heterocycles. The lowest BCUT2D eigenvalue weighted by Crippen LogP contribution is -2.33. The molecule has 0 saturated carbocycles. The molecular formula is C20H28N2O2S. The fourth-order valence-electron chi connectivity index (χ4n) is 2.82. The molecule has 0 bridgehead atoms. The Morgan fingerprint density at radius 1 is 0.680 bits per heavy atom. The number of nitrogens with zero attached hydrogens (tertiary/aromatic N) is 2. The number of hydrogen-bond acceptors (Lipinski definition) is 4. The zero-order chi connectivity index (χ0) is 18.1. The number of rotatable bonds is 10. The minimum atomic E-state index is -3.09. The summed E-state index contributed by atoms with van der Waals surface area (Å²) in [5.41, 5.74) is 2.14. The molecule has 0 aliphatic heterocycles. The van der Waals surface area contributed by atoms with Gasteiger partial charge in [0.1, 0.15) is 0 Å². The van der Waals surface area contributed by atoms with Crippen molar-refractivity contribution in [2.45, 2.75) is 13.8 Å². The van der Waals surface area contributed by atoms with Gasteiger partial charge in [-0.15, -0.1) is 0 Å². The SMILES string of the molecule is CCN(CCS(=O)(=O)CCN(CC)c1ccccc1)c1ccccc1. The van der Waals surface area contributed by atoms with Crippen LogP contribution in [0.4, 0.5) is 11.4 Å². The first kappa shape index (κ1) is 19.3. The zero-order valence-electron chi connectivity index (χ0n) is 15.1. The highest BCUT2D eigenvalue weighted by Gasteiger charge is 2.15. The van der Waals surface area contributed by atoms with E-state index in [0.717, 1.165) is 24.5 Å². The summed E-state index contributed by atoms with van der Waals surface area (Å²) in [5, 5.41) is 0. The number of benzene rings is 2. The molecule has 0 atom stereocenters. The third kappa shape index (κ3) is 6.09. The van der Waals surface area contributed by atoms with E-state index >= 15 is 0 Å². The van der Waals surface area contributed by atoms with Gasteiger partial charge in [-0.2, -0.15) is 0 Å². The van der Waals surface area contributed by atoms with E-state index in [1.807, 2.05) is 74.5 Å². The fraction of sp³-hybridized carbons (Fsp3) is 0.400. The molecule has 0 unspecified atom stereocenters. The van der Waals surface area contributed by atoms with Gasteiger partial charge in [0, 0.05) is 37.6 Å². The van der Waals surface area contributed by atoms with Gasteiger partial charge in [-0.25, -0.2) is 8.42 Å². The summed E-state index contributed by atoms with van der Waals surface area (Å²) in [6.45, 7) is 6.75. The summed E-state index contributed by atoms with van der Waals surface area (Å²) in [6.07, 6.45) is 0. The quantitative estimate of drug-likeness (QED) is 0.651. The van der Waals surface area contributed by atoms with Crippen LogP contribution in [0.3, 0.4) is 0 Å². The summed E-state index contributed by atoms with van der Waals surface area (Å²) in [7, 11) is -3.09. The van der Waals surface area contributed by atoms with Crippen LogP contribution in [0.2, 0.25) is 0 Å². The molecule has 4 nitrogen and oxygen atoms in total. The van der Waals surface area contributed by atoms with E-state index in [9.17, 15) is 8.42 Å². The molecule has 0 aliphatic carbocycles. The van der Waals surface area contributed by atoms with E-state index in [0.29, 0.717) is 13.1 Å². The normalized spacial score (nSPS) is 11.3. The van der Waals surface area contributed by atoms with Gasteiger partial charge in [-0.05, 0) is 38.1 Å².